The molecule has 2 amide bonds. The number of nitrogens with one attached hydrogen (secondary N) is 2. The molecule has 0 aromatic heterocycles. The van der Waals surface area contributed by atoms with Crippen LogP contribution in [-0.2, 0) is 27.3 Å². The molecule has 2 atom stereocenters. The first kappa shape index (κ1) is 23.8. The summed E-state index contributed by atoms with van der Waals surface area (Å²) in [6, 6.07) is 16.1. The van der Waals surface area contributed by atoms with Gasteiger partial charge in [-0.15, -0.1) is 0 Å². The van der Waals surface area contributed by atoms with E-state index in [0.29, 0.717) is 13.1 Å². The Morgan fingerprint density at radius 3 is 2.31 bits per heavy atom. The summed E-state index contributed by atoms with van der Waals surface area (Å²) in [5.41, 5.74) is 3.33. The van der Waals surface area contributed by atoms with Gasteiger partial charge in [-0.05, 0) is 42.3 Å². The molecule has 7 nitrogen and oxygen atoms in total. The fourth-order valence-electron chi connectivity index (χ4n) is 4.12. The van der Waals surface area contributed by atoms with Gasteiger partial charge in [0.2, 0.25) is 11.8 Å². The molecule has 7 heteroatoms. The number of ether oxygens (including phenoxy) is 2. The highest BCUT2D eigenvalue weighted by Crippen LogP contribution is 2.32. The van der Waals surface area contributed by atoms with E-state index < -0.39 is 0 Å². The molecule has 2 aromatic carbocycles. The van der Waals surface area contributed by atoms with Gasteiger partial charge in [-0.2, -0.15) is 0 Å². The van der Waals surface area contributed by atoms with Crippen molar-refractivity contribution in [3.8, 4) is 5.75 Å². The number of hydrogen-bond acceptors (Lipinski definition) is 5. The molecule has 0 spiro atoms. The second-order valence-electron chi connectivity index (χ2n) is 8.27. The molecule has 172 valence electrons. The number of likely N-dealkylation sites (N-methyl/N-ethyl adjacent to an activating group) is 1. The van der Waals surface area contributed by atoms with Crippen LogP contribution < -0.4 is 15.4 Å². The van der Waals surface area contributed by atoms with Gasteiger partial charge in [0, 0.05) is 39.2 Å². The highest BCUT2D eigenvalue weighted by Gasteiger charge is 2.36. The van der Waals surface area contributed by atoms with Gasteiger partial charge in [0.05, 0.1) is 13.0 Å². The zero-order chi connectivity index (χ0) is 22.9. The van der Waals surface area contributed by atoms with Crippen LogP contribution in [0.25, 0.3) is 0 Å². The molecule has 0 unspecified atom stereocenters. The van der Waals surface area contributed by atoms with Crippen molar-refractivity contribution >= 4 is 11.8 Å². The number of methoxy groups -OCH3 is 2. The number of likely N-dealkylation sites (tertiary alicyclic amines) is 1. The predicted molar refractivity (Wildman–Crippen MR) is 124 cm³/mol. The maximum atomic E-state index is 13.0. The van der Waals surface area contributed by atoms with Crippen molar-refractivity contribution in [1.82, 2.24) is 15.5 Å². The lowest BCUT2D eigenvalue weighted by Gasteiger charge is -2.19. The summed E-state index contributed by atoms with van der Waals surface area (Å²) >= 11 is 0. The lowest BCUT2D eigenvalue weighted by atomic mass is 9.88. The summed E-state index contributed by atoms with van der Waals surface area (Å²) in [6.07, 6.45) is 0.784. The number of nitrogens with zero attached hydrogens (tertiary/aromatic N) is 1. The van der Waals surface area contributed by atoms with Gasteiger partial charge in [-0.25, -0.2) is 0 Å². The van der Waals surface area contributed by atoms with Gasteiger partial charge >= 0.3 is 0 Å². The normalized spacial score (nSPS) is 18.3. The largest absolute Gasteiger partial charge is 0.497 e. The van der Waals surface area contributed by atoms with Crippen LogP contribution >= 0.6 is 0 Å². The summed E-state index contributed by atoms with van der Waals surface area (Å²) in [7, 11) is 5.20. The summed E-state index contributed by atoms with van der Waals surface area (Å²) in [5, 5.41) is 5.94. The minimum atomic E-state index is -0.139. The zero-order valence-electron chi connectivity index (χ0n) is 19.1. The van der Waals surface area contributed by atoms with E-state index in [1.807, 2.05) is 36.4 Å². The van der Waals surface area contributed by atoms with Crippen molar-refractivity contribution < 1.29 is 19.1 Å². The SMILES string of the molecule is COCC(=O)NCc1ccc([C@H]2CN(C)C[C@H]2C(=O)NCCc2ccc(OC)cc2)cc1. The zero-order valence-corrected chi connectivity index (χ0v) is 19.1. The summed E-state index contributed by atoms with van der Waals surface area (Å²) < 4.78 is 10.0. The molecular formula is C25H33N3O4. The van der Waals surface area contributed by atoms with Crippen LogP contribution in [0.1, 0.15) is 22.6 Å². The van der Waals surface area contributed by atoms with Crippen LogP contribution in [0.4, 0.5) is 0 Å². The van der Waals surface area contributed by atoms with Crippen molar-refractivity contribution in [1.29, 1.82) is 0 Å². The first-order valence-corrected chi connectivity index (χ1v) is 10.9. The van der Waals surface area contributed by atoms with Crippen LogP contribution in [0.15, 0.2) is 48.5 Å². The van der Waals surface area contributed by atoms with Gasteiger partial charge in [0.15, 0.2) is 0 Å². The predicted octanol–water partition coefficient (Wildman–Crippen LogP) is 1.96. The minimum Gasteiger partial charge on any atom is -0.497 e. The van der Waals surface area contributed by atoms with E-state index >= 15 is 0 Å². The second kappa shape index (κ2) is 11.6. The van der Waals surface area contributed by atoms with E-state index in [2.05, 4.69) is 34.7 Å². The third kappa shape index (κ3) is 6.55. The first-order chi connectivity index (χ1) is 15.5. The number of rotatable bonds is 10. The Morgan fingerprint density at radius 1 is 0.969 bits per heavy atom. The topological polar surface area (TPSA) is 79.9 Å². The van der Waals surface area contributed by atoms with E-state index in [1.165, 1.54) is 12.7 Å². The lowest BCUT2D eigenvalue weighted by molar-refractivity contribution is -0.125. The fraction of sp³-hybridized carbons (Fsp3) is 0.440. The van der Waals surface area contributed by atoms with Crippen molar-refractivity contribution in [2.45, 2.75) is 18.9 Å². The summed E-state index contributed by atoms with van der Waals surface area (Å²) in [6.45, 7) is 2.72. The summed E-state index contributed by atoms with van der Waals surface area (Å²) in [5.74, 6) is 0.864. The Balaban J connectivity index is 1.54. The molecule has 0 aliphatic carbocycles. The van der Waals surface area contributed by atoms with Gasteiger partial charge in [-0.3, -0.25) is 9.59 Å². The van der Waals surface area contributed by atoms with E-state index in [4.69, 9.17) is 9.47 Å². The Bertz CT molecular complexity index is 883. The second-order valence-corrected chi connectivity index (χ2v) is 8.27. The smallest absolute Gasteiger partial charge is 0.246 e. The standard InChI is InChI=1S/C25H33N3O4/c1-28-15-22(20-8-4-19(5-9-20)14-27-24(29)17-31-2)23(16-28)25(30)26-13-12-18-6-10-21(32-3)11-7-18/h4-11,22-23H,12-17H2,1-3H3,(H,26,30)(H,27,29)/t22-,23-/m1/s1. The Morgan fingerprint density at radius 2 is 1.66 bits per heavy atom. The fourth-order valence-corrected chi connectivity index (χ4v) is 4.12. The number of carbonyl (C=O) groups excluding carboxylic acids is 2. The molecule has 1 fully saturated rings. The number of hydrogen-bond donors (Lipinski definition) is 2. The van der Waals surface area contributed by atoms with Crippen molar-refractivity contribution in [2.75, 3.05) is 47.5 Å². The highest BCUT2D eigenvalue weighted by molar-refractivity contribution is 5.80. The van der Waals surface area contributed by atoms with Crippen molar-refractivity contribution in [3.63, 3.8) is 0 Å². The molecule has 32 heavy (non-hydrogen) atoms. The maximum absolute atomic E-state index is 13.0. The molecule has 3 rings (SSSR count). The molecule has 1 heterocycles. The molecule has 0 radical (unpaired) electrons. The number of amides is 2. The average Bonchev–Trinajstić information content (AvgIpc) is 3.20. The van der Waals surface area contributed by atoms with Crippen molar-refractivity contribution in [3.05, 3.63) is 65.2 Å². The van der Waals surface area contributed by atoms with Crippen LogP contribution in [0.3, 0.4) is 0 Å². The highest BCUT2D eigenvalue weighted by atomic mass is 16.5. The molecule has 1 aliphatic heterocycles. The van der Waals surface area contributed by atoms with Gasteiger partial charge in [-0.1, -0.05) is 36.4 Å². The Labute approximate surface area is 190 Å². The van der Waals surface area contributed by atoms with Gasteiger partial charge < -0.3 is 25.0 Å². The van der Waals surface area contributed by atoms with Gasteiger partial charge in [0.1, 0.15) is 12.4 Å². The first-order valence-electron chi connectivity index (χ1n) is 10.9. The molecule has 2 aromatic rings. The third-order valence-electron chi connectivity index (χ3n) is 5.88. The average molecular weight is 440 g/mol. The van der Waals surface area contributed by atoms with Crippen molar-refractivity contribution in [2.24, 2.45) is 5.92 Å². The quantitative estimate of drug-likeness (QED) is 0.592. The molecule has 1 aliphatic rings. The van der Waals surface area contributed by atoms with E-state index in [9.17, 15) is 9.59 Å². The molecule has 0 bridgehead atoms. The number of benzene rings is 2. The van der Waals surface area contributed by atoms with Crippen LogP contribution in [0.5, 0.6) is 5.75 Å². The monoisotopic (exact) mass is 439 g/mol. The van der Waals surface area contributed by atoms with E-state index in [0.717, 1.165) is 36.4 Å². The molecular weight excluding hydrogens is 406 g/mol. The Hall–Kier alpha value is -2.90. The van der Waals surface area contributed by atoms with Crippen LogP contribution in [0.2, 0.25) is 0 Å². The summed E-state index contributed by atoms with van der Waals surface area (Å²) in [4.78, 5) is 26.7. The van der Waals surface area contributed by atoms with Gasteiger partial charge in [0.25, 0.3) is 0 Å². The number of carbonyl (C=O) groups is 2. The molecule has 2 N–H and O–H groups in total. The van der Waals surface area contributed by atoms with Crippen LogP contribution in [0, 0.1) is 5.92 Å². The van der Waals surface area contributed by atoms with E-state index in [-0.39, 0.29) is 30.3 Å². The lowest BCUT2D eigenvalue weighted by Crippen LogP contribution is -2.35. The molecule has 1 saturated heterocycles. The Kier molecular flexibility index (Phi) is 8.64. The minimum absolute atomic E-state index is 0.0573. The molecule has 0 saturated carbocycles. The van der Waals surface area contributed by atoms with E-state index in [1.54, 1.807) is 7.11 Å². The maximum Gasteiger partial charge on any atom is 0.246 e. The van der Waals surface area contributed by atoms with Crippen LogP contribution in [-0.4, -0.2) is 64.2 Å². The third-order valence-corrected chi connectivity index (χ3v) is 5.88.